The van der Waals surface area contributed by atoms with Crippen molar-refractivity contribution in [2.75, 3.05) is 11.4 Å². The number of pyridine rings is 1. The largest absolute Gasteiger partial charge is 0.308 e. The molecule has 19 heavy (non-hydrogen) atoms. The Balaban J connectivity index is 2.00. The summed E-state index contributed by atoms with van der Waals surface area (Å²) in [7, 11) is 0. The van der Waals surface area contributed by atoms with E-state index in [-0.39, 0.29) is 11.7 Å². The number of anilines is 1. The van der Waals surface area contributed by atoms with E-state index in [2.05, 4.69) is 20.9 Å². The van der Waals surface area contributed by atoms with Gasteiger partial charge in [0.1, 0.15) is 10.4 Å². The van der Waals surface area contributed by atoms with E-state index in [1.165, 1.54) is 12.1 Å². The first-order valence-electron chi connectivity index (χ1n) is 5.87. The quantitative estimate of drug-likeness (QED) is 0.756. The van der Waals surface area contributed by atoms with E-state index >= 15 is 0 Å². The van der Waals surface area contributed by atoms with E-state index in [1.54, 1.807) is 29.3 Å². The zero-order valence-corrected chi connectivity index (χ0v) is 11.5. The number of carbonyl (C=O) groups is 1. The molecular formula is C14H10BrFN2O. The fraction of sp³-hybridized carbons (Fsp3) is 0.143. The van der Waals surface area contributed by atoms with E-state index in [0.29, 0.717) is 22.4 Å². The van der Waals surface area contributed by atoms with Crippen molar-refractivity contribution in [2.45, 2.75) is 6.42 Å². The van der Waals surface area contributed by atoms with Gasteiger partial charge in [0, 0.05) is 12.7 Å². The van der Waals surface area contributed by atoms with Crippen molar-refractivity contribution in [3.8, 4) is 0 Å². The summed E-state index contributed by atoms with van der Waals surface area (Å²) in [5.74, 6) is -0.493. The third kappa shape index (κ3) is 2.14. The summed E-state index contributed by atoms with van der Waals surface area (Å²) in [6.07, 6.45) is 2.36. The highest BCUT2D eigenvalue weighted by Gasteiger charge is 2.27. The van der Waals surface area contributed by atoms with Gasteiger partial charge in [-0.2, -0.15) is 0 Å². The molecule has 1 aliphatic rings. The summed E-state index contributed by atoms with van der Waals surface area (Å²) in [6.45, 7) is 0.568. The molecule has 2 heterocycles. The lowest BCUT2D eigenvalue weighted by Gasteiger charge is -2.17. The Kier molecular flexibility index (Phi) is 3.06. The molecule has 0 atom stereocenters. The van der Waals surface area contributed by atoms with Crippen molar-refractivity contribution < 1.29 is 9.18 Å². The van der Waals surface area contributed by atoms with Crippen molar-refractivity contribution in [1.29, 1.82) is 0 Å². The molecule has 0 bridgehead atoms. The molecule has 5 heteroatoms. The number of amides is 1. The number of carbonyl (C=O) groups excluding carboxylic acids is 1. The first-order valence-corrected chi connectivity index (χ1v) is 6.67. The maximum atomic E-state index is 13.3. The lowest BCUT2D eigenvalue weighted by molar-refractivity contribution is 0.0988. The minimum absolute atomic E-state index is 0.163. The molecule has 1 aliphatic heterocycles. The standard InChI is InChI=1S/C14H10BrFN2O/c15-13-11(2-1-6-17-13)14(19)18-7-5-9-3-4-10(16)8-12(9)18/h1-4,6,8H,5,7H2. The number of hydrogen-bond acceptors (Lipinski definition) is 2. The zero-order valence-electron chi connectivity index (χ0n) is 9.94. The number of aromatic nitrogens is 1. The summed E-state index contributed by atoms with van der Waals surface area (Å²) in [5, 5.41) is 0. The fourth-order valence-electron chi connectivity index (χ4n) is 2.25. The topological polar surface area (TPSA) is 33.2 Å². The van der Waals surface area contributed by atoms with Crippen LogP contribution in [0.25, 0.3) is 0 Å². The van der Waals surface area contributed by atoms with Gasteiger partial charge in [-0.05, 0) is 52.2 Å². The summed E-state index contributed by atoms with van der Waals surface area (Å²) < 4.78 is 13.8. The molecule has 0 aliphatic carbocycles. The molecule has 1 aromatic carbocycles. The molecule has 1 amide bonds. The zero-order chi connectivity index (χ0) is 13.4. The third-order valence-corrected chi connectivity index (χ3v) is 3.81. The van der Waals surface area contributed by atoms with Crippen LogP contribution in [0.5, 0.6) is 0 Å². The predicted molar refractivity (Wildman–Crippen MR) is 73.7 cm³/mol. The molecule has 0 saturated carbocycles. The van der Waals surface area contributed by atoms with Gasteiger partial charge in [-0.1, -0.05) is 6.07 Å². The molecule has 0 saturated heterocycles. The maximum Gasteiger partial charge on any atom is 0.261 e. The number of hydrogen-bond donors (Lipinski definition) is 0. The minimum atomic E-state index is -0.330. The lowest BCUT2D eigenvalue weighted by atomic mass is 10.1. The van der Waals surface area contributed by atoms with Gasteiger partial charge in [-0.15, -0.1) is 0 Å². The van der Waals surface area contributed by atoms with Crippen molar-refractivity contribution in [3.63, 3.8) is 0 Å². The van der Waals surface area contributed by atoms with E-state index < -0.39 is 0 Å². The number of fused-ring (bicyclic) bond motifs is 1. The third-order valence-electron chi connectivity index (χ3n) is 3.18. The minimum Gasteiger partial charge on any atom is -0.308 e. The van der Waals surface area contributed by atoms with Gasteiger partial charge in [-0.3, -0.25) is 4.79 Å². The highest BCUT2D eigenvalue weighted by Crippen LogP contribution is 2.30. The van der Waals surface area contributed by atoms with Crippen LogP contribution in [0.3, 0.4) is 0 Å². The molecule has 0 radical (unpaired) electrons. The molecule has 96 valence electrons. The van der Waals surface area contributed by atoms with E-state index in [4.69, 9.17) is 0 Å². The summed E-state index contributed by atoms with van der Waals surface area (Å²) >= 11 is 3.27. The van der Waals surface area contributed by atoms with Crippen LogP contribution in [-0.4, -0.2) is 17.4 Å². The van der Waals surface area contributed by atoms with Gasteiger partial charge >= 0.3 is 0 Å². The van der Waals surface area contributed by atoms with Crippen molar-refractivity contribution in [2.24, 2.45) is 0 Å². The molecule has 0 fully saturated rings. The Morgan fingerprint density at radius 3 is 3.00 bits per heavy atom. The van der Waals surface area contributed by atoms with Crippen LogP contribution in [0, 0.1) is 5.82 Å². The average molecular weight is 321 g/mol. The van der Waals surface area contributed by atoms with Crippen LogP contribution in [0.4, 0.5) is 10.1 Å². The summed E-state index contributed by atoms with van der Waals surface area (Å²) in [6, 6.07) is 7.98. The highest BCUT2D eigenvalue weighted by atomic mass is 79.9. The predicted octanol–water partition coefficient (Wildman–Crippen LogP) is 3.19. The number of benzene rings is 1. The Bertz CT molecular complexity index is 660. The second-order valence-corrected chi connectivity index (χ2v) is 5.07. The van der Waals surface area contributed by atoms with E-state index in [0.717, 1.165) is 12.0 Å². The van der Waals surface area contributed by atoms with Crippen molar-refractivity contribution in [1.82, 2.24) is 4.98 Å². The molecule has 1 aromatic heterocycles. The van der Waals surface area contributed by atoms with Gasteiger partial charge in [0.25, 0.3) is 5.91 Å². The van der Waals surface area contributed by atoms with Crippen LogP contribution >= 0.6 is 15.9 Å². The van der Waals surface area contributed by atoms with Crippen LogP contribution in [-0.2, 0) is 6.42 Å². The Labute approximate surface area is 118 Å². The van der Waals surface area contributed by atoms with Gasteiger partial charge in [0.05, 0.1) is 11.3 Å². The molecule has 2 aromatic rings. The van der Waals surface area contributed by atoms with Gasteiger partial charge in [-0.25, -0.2) is 9.37 Å². The molecule has 0 unspecified atom stereocenters. The lowest BCUT2D eigenvalue weighted by Crippen LogP contribution is -2.29. The molecule has 0 spiro atoms. The maximum absolute atomic E-state index is 13.3. The second kappa shape index (κ2) is 4.74. The van der Waals surface area contributed by atoms with E-state index in [1.807, 2.05) is 0 Å². The Hall–Kier alpha value is -1.75. The summed E-state index contributed by atoms with van der Waals surface area (Å²) in [5.41, 5.74) is 2.13. The molecule has 0 N–H and O–H groups in total. The first-order chi connectivity index (χ1) is 9.16. The van der Waals surface area contributed by atoms with Crippen LogP contribution in [0.2, 0.25) is 0 Å². The monoisotopic (exact) mass is 320 g/mol. The van der Waals surface area contributed by atoms with E-state index in [9.17, 15) is 9.18 Å². The van der Waals surface area contributed by atoms with Crippen molar-refractivity contribution in [3.05, 3.63) is 58.1 Å². The van der Waals surface area contributed by atoms with Crippen LogP contribution in [0.15, 0.2) is 41.1 Å². The SMILES string of the molecule is O=C(c1cccnc1Br)N1CCc2ccc(F)cc21. The molecule has 3 nitrogen and oxygen atoms in total. The number of halogens is 2. The Morgan fingerprint density at radius 2 is 2.21 bits per heavy atom. The second-order valence-electron chi connectivity index (χ2n) is 4.32. The van der Waals surface area contributed by atoms with Gasteiger partial charge in [0.15, 0.2) is 0 Å². The van der Waals surface area contributed by atoms with Crippen LogP contribution < -0.4 is 4.90 Å². The Morgan fingerprint density at radius 1 is 1.37 bits per heavy atom. The van der Waals surface area contributed by atoms with Gasteiger partial charge < -0.3 is 4.90 Å². The number of nitrogens with zero attached hydrogens (tertiary/aromatic N) is 2. The fourth-order valence-corrected chi connectivity index (χ4v) is 2.67. The summed E-state index contributed by atoms with van der Waals surface area (Å²) in [4.78, 5) is 18.1. The first kappa shape index (κ1) is 12.3. The molecule has 3 rings (SSSR count). The number of rotatable bonds is 1. The molecular weight excluding hydrogens is 311 g/mol. The van der Waals surface area contributed by atoms with Gasteiger partial charge in [0.2, 0.25) is 0 Å². The smallest absolute Gasteiger partial charge is 0.261 e. The average Bonchev–Trinajstić information content (AvgIpc) is 2.81. The van der Waals surface area contributed by atoms with Crippen molar-refractivity contribution >= 4 is 27.5 Å². The highest BCUT2D eigenvalue weighted by molar-refractivity contribution is 9.10. The van der Waals surface area contributed by atoms with Crippen LogP contribution in [0.1, 0.15) is 15.9 Å². The normalized spacial score (nSPS) is 13.5.